The number of ether oxygens (including phenoxy) is 1. The molecule has 2 amide bonds. The molecule has 0 bridgehead atoms. The van der Waals surface area contributed by atoms with Crippen molar-refractivity contribution in [2.45, 2.75) is 12.8 Å². The van der Waals surface area contributed by atoms with E-state index in [4.69, 9.17) is 4.74 Å². The van der Waals surface area contributed by atoms with E-state index in [2.05, 4.69) is 15.2 Å². The second kappa shape index (κ2) is 8.44. The molecule has 25 heavy (non-hydrogen) atoms. The van der Waals surface area contributed by atoms with Crippen LogP contribution in [-0.2, 0) is 16.6 Å². The number of likely N-dealkylation sites (tertiary alicyclic amines) is 1. The molecule has 0 unspecified atom stereocenters. The lowest BCUT2D eigenvalue weighted by molar-refractivity contribution is -0.123. The van der Waals surface area contributed by atoms with Crippen molar-refractivity contribution in [1.82, 2.24) is 24.7 Å². The maximum atomic E-state index is 12.5. The quantitative estimate of drug-likeness (QED) is 0.791. The lowest BCUT2D eigenvalue weighted by Crippen LogP contribution is -2.45. The first-order valence-electron chi connectivity index (χ1n) is 8.96. The molecule has 3 rings (SSSR count). The van der Waals surface area contributed by atoms with Crippen LogP contribution in [-0.4, -0.2) is 83.6 Å². The number of aryl methyl sites for hydroxylation is 1. The summed E-state index contributed by atoms with van der Waals surface area (Å²) in [5, 5.41) is 3.04. The summed E-state index contributed by atoms with van der Waals surface area (Å²) < 4.78 is 7.04. The van der Waals surface area contributed by atoms with E-state index in [1.165, 1.54) is 0 Å². The first kappa shape index (κ1) is 17.9. The summed E-state index contributed by atoms with van der Waals surface area (Å²) in [6, 6.07) is 0. The molecule has 0 radical (unpaired) electrons. The van der Waals surface area contributed by atoms with Crippen LogP contribution in [0.2, 0.25) is 0 Å². The van der Waals surface area contributed by atoms with Crippen molar-refractivity contribution >= 4 is 11.8 Å². The van der Waals surface area contributed by atoms with Gasteiger partial charge in [0.05, 0.1) is 32.3 Å². The third-order valence-corrected chi connectivity index (χ3v) is 5.00. The highest BCUT2D eigenvalue weighted by Gasteiger charge is 2.25. The Labute approximate surface area is 148 Å². The van der Waals surface area contributed by atoms with E-state index in [1.54, 1.807) is 17.1 Å². The van der Waals surface area contributed by atoms with Crippen LogP contribution in [0, 0.1) is 5.92 Å². The number of hydrogen-bond donors (Lipinski definition) is 1. The summed E-state index contributed by atoms with van der Waals surface area (Å²) in [4.78, 5) is 32.5. The van der Waals surface area contributed by atoms with E-state index >= 15 is 0 Å². The van der Waals surface area contributed by atoms with Crippen molar-refractivity contribution in [3.05, 3.63) is 18.2 Å². The Balaban J connectivity index is 1.37. The van der Waals surface area contributed by atoms with Gasteiger partial charge in [-0.3, -0.25) is 14.5 Å². The fourth-order valence-corrected chi connectivity index (χ4v) is 3.34. The largest absolute Gasteiger partial charge is 0.379 e. The van der Waals surface area contributed by atoms with Crippen LogP contribution < -0.4 is 5.32 Å². The number of nitrogens with one attached hydrogen (secondary N) is 1. The fraction of sp³-hybridized carbons (Fsp3) is 0.706. The maximum Gasteiger partial charge on any atom is 0.272 e. The number of carbonyl (C=O) groups is 2. The van der Waals surface area contributed by atoms with Crippen molar-refractivity contribution in [2.24, 2.45) is 13.0 Å². The number of morpholine rings is 1. The van der Waals surface area contributed by atoms with E-state index in [-0.39, 0.29) is 11.8 Å². The summed E-state index contributed by atoms with van der Waals surface area (Å²) in [5.41, 5.74) is 0.622. The highest BCUT2D eigenvalue weighted by Crippen LogP contribution is 2.18. The first-order chi connectivity index (χ1) is 12.1. The van der Waals surface area contributed by atoms with Crippen LogP contribution in [0.4, 0.5) is 0 Å². The molecule has 8 heteroatoms. The van der Waals surface area contributed by atoms with Crippen LogP contribution in [0.5, 0.6) is 0 Å². The Kier molecular flexibility index (Phi) is 6.04. The van der Waals surface area contributed by atoms with Crippen LogP contribution in [0.25, 0.3) is 0 Å². The molecule has 1 aromatic heterocycles. The molecule has 1 N–H and O–H groups in total. The molecular weight excluding hydrogens is 322 g/mol. The zero-order valence-electron chi connectivity index (χ0n) is 14.8. The molecule has 2 fully saturated rings. The average molecular weight is 349 g/mol. The zero-order valence-corrected chi connectivity index (χ0v) is 14.8. The van der Waals surface area contributed by atoms with Gasteiger partial charge in [-0.05, 0) is 18.8 Å². The molecule has 8 nitrogen and oxygen atoms in total. The molecule has 2 aliphatic rings. The molecule has 0 atom stereocenters. The second-order valence-corrected chi connectivity index (χ2v) is 6.82. The van der Waals surface area contributed by atoms with Crippen molar-refractivity contribution in [3.63, 3.8) is 0 Å². The molecule has 1 aromatic rings. The number of amides is 2. The van der Waals surface area contributed by atoms with Crippen molar-refractivity contribution in [1.29, 1.82) is 0 Å². The Morgan fingerprint density at radius 3 is 2.60 bits per heavy atom. The molecule has 2 aliphatic heterocycles. The van der Waals surface area contributed by atoms with E-state index in [0.717, 1.165) is 39.0 Å². The van der Waals surface area contributed by atoms with E-state index in [1.807, 2.05) is 11.9 Å². The van der Waals surface area contributed by atoms with Gasteiger partial charge in [-0.2, -0.15) is 0 Å². The standard InChI is InChI=1S/C17H27N5O3/c1-20-13-18-11-15(20)17(24)22-4-2-14(3-5-22)10-19-16(23)12-21-6-8-25-9-7-21/h11,13-14H,2-10,12H2,1H3,(H,19,23). The number of piperidine rings is 1. The van der Waals surface area contributed by atoms with E-state index in [0.29, 0.717) is 37.9 Å². The van der Waals surface area contributed by atoms with Gasteiger partial charge in [0.15, 0.2) is 0 Å². The normalized spacial score (nSPS) is 19.8. The van der Waals surface area contributed by atoms with E-state index in [9.17, 15) is 9.59 Å². The third-order valence-electron chi connectivity index (χ3n) is 5.00. The second-order valence-electron chi connectivity index (χ2n) is 6.82. The monoisotopic (exact) mass is 349 g/mol. The number of rotatable bonds is 5. The minimum atomic E-state index is 0.0369. The number of carbonyl (C=O) groups excluding carboxylic acids is 2. The van der Waals surface area contributed by atoms with Gasteiger partial charge in [0.1, 0.15) is 5.69 Å². The minimum Gasteiger partial charge on any atom is -0.379 e. The Hall–Kier alpha value is -1.93. The molecule has 0 aromatic carbocycles. The molecular formula is C17H27N5O3. The average Bonchev–Trinajstić information content (AvgIpc) is 3.07. The van der Waals surface area contributed by atoms with Gasteiger partial charge in [0.2, 0.25) is 5.91 Å². The SMILES string of the molecule is Cn1cncc1C(=O)N1CCC(CNC(=O)CN2CCOCC2)CC1. The number of aromatic nitrogens is 2. The number of hydrogen-bond acceptors (Lipinski definition) is 5. The number of nitrogens with zero attached hydrogens (tertiary/aromatic N) is 4. The summed E-state index contributed by atoms with van der Waals surface area (Å²) >= 11 is 0. The fourth-order valence-electron chi connectivity index (χ4n) is 3.34. The summed E-state index contributed by atoms with van der Waals surface area (Å²) in [6.45, 7) is 5.65. The molecule has 2 saturated heterocycles. The van der Waals surface area contributed by atoms with Gasteiger partial charge in [-0.1, -0.05) is 0 Å². The molecule has 0 aliphatic carbocycles. The number of imidazole rings is 1. The predicted molar refractivity (Wildman–Crippen MR) is 92.1 cm³/mol. The summed E-state index contributed by atoms with van der Waals surface area (Å²) in [7, 11) is 1.83. The molecule has 0 spiro atoms. The lowest BCUT2D eigenvalue weighted by Gasteiger charge is -2.32. The van der Waals surface area contributed by atoms with Crippen LogP contribution in [0.15, 0.2) is 12.5 Å². The summed E-state index contributed by atoms with van der Waals surface area (Å²) in [6.07, 6.45) is 5.09. The first-order valence-corrected chi connectivity index (χ1v) is 8.96. The lowest BCUT2D eigenvalue weighted by atomic mass is 9.96. The van der Waals surface area contributed by atoms with Gasteiger partial charge >= 0.3 is 0 Å². The van der Waals surface area contributed by atoms with Gasteiger partial charge < -0.3 is 19.5 Å². The molecule has 3 heterocycles. The Bertz CT molecular complexity index is 589. The molecule has 138 valence electrons. The van der Waals surface area contributed by atoms with Gasteiger partial charge in [0.25, 0.3) is 5.91 Å². The van der Waals surface area contributed by atoms with Crippen LogP contribution in [0.3, 0.4) is 0 Å². The van der Waals surface area contributed by atoms with Gasteiger partial charge in [0, 0.05) is 39.8 Å². The van der Waals surface area contributed by atoms with Crippen molar-refractivity contribution < 1.29 is 14.3 Å². The van der Waals surface area contributed by atoms with Gasteiger partial charge in [-0.15, -0.1) is 0 Å². The van der Waals surface area contributed by atoms with Gasteiger partial charge in [-0.25, -0.2) is 4.98 Å². The van der Waals surface area contributed by atoms with Crippen LogP contribution in [0.1, 0.15) is 23.3 Å². The third kappa shape index (κ3) is 4.79. The predicted octanol–water partition coefficient (Wildman–Crippen LogP) is -0.279. The van der Waals surface area contributed by atoms with E-state index < -0.39 is 0 Å². The highest BCUT2D eigenvalue weighted by atomic mass is 16.5. The molecule has 0 saturated carbocycles. The van der Waals surface area contributed by atoms with Crippen LogP contribution >= 0.6 is 0 Å². The van der Waals surface area contributed by atoms with Crippen molar-refractivity contribution in [3.8, 4) is 0 Å². The highest BCUT2D eigenvalue weighted by molar-refractivity contribution is 5.92. The topological polar surface area (TPSA) is 79.7 Å². The minimum absolute atomic E-state index is 0.0369. The summed E-state index contributed by atoms with van der Waals surface area (Å²) in [5.74, 6) is 0.550. The maximum absolute atomic E-state index is 12.5. The Morgan fingerprint density at radius 1 is 1.24 bits per heavy atom. The smallest absolute Gasteiger partial charge is 0.272 e. The zero-order chi connectivity index (χ0) is 17.6. The van der Waals surface area contributed by atoms with Crippen molar-refractivity contribution in [2.75, 3.05) is 52.5 Å². The Morgan fingerprint density at radius 2 is 1.96 bits per heavy atom.